The van der Waals surface area contributed by atoms with Crippen molar-refractivity contribution in [2.75, 3.05) is 31.6 Å². The van der Waals surface area contributed by atoms with Crippen LogP contribution in [-0.2, 0) is 7.05 Å². The van der Waals surface area contributed by atoms with Gasteiger partial charge in [0.1, 0.15) is 17.6 Å². The molecule has 1 saturated carbocycles. The minimum atomic E-state index is -0.130. The lowest BCUT2D eigenvalue weighted by Gasteiger charge is -2.21. The van der Waals surface area contributed by atoms with Gasteiger partial charge in [-0.05, 0) is 42.0 Å². The van der Waals surface area contributed by atoms with E-state index in [0.717, 1.165) is 46.7 Å². The maximum absolute atomic E-state index is 12.6. The first-order valence-corrected chi connectivity index (χ1v) is 13.4. The number of nitrogens with one attached hydrogen (secondary N) is 1. The van der Waals surface area contributed by atoms with Crippen LogP contribution >= 0.6 is 0 Å². The maximum atomic E-state index is 12.6. The second-order valence-corrected chi connectivity index (χ2v) is 10.6. The van der Waals surface area contributed by atoms with Crippen LogP contribution in [-0.4, -0.2) is 62.0 Å². The van der Waals surface area contributed by atoms with Crippen LogP contribution in [0.4, 0.5) is 5.82 Å². The van der Waals surface area contributed by atoms with Gasteiger partial charge in [0.25, 0.3) is 5.91 Å². The number of carbonyl (C=O) groups is 1. The Bertz CT molecular complexity index is 1810. The lowest BCUT2D eigenvalue weighted by atomic mass is 10.0. The molecule has 2 aliphatic rings. The van der Waals surface area contributed by atoms with Crippen molar-refractivity contribution >= 4 is 17.2 Å². The van der Waals surface area contributed by atoms with E-state index in [1.807, 2.05) is 37.9 Å². The first kappa shape index (κ1) is 24.8. The number of fused-ring (bicyclic) bond motifs is 2. The molecule has 41 heavy (non-hydrogen) atoms. The average Bonchev–Trinajstić information content (AvgIpc) is 3.44. The molecule has 204 valence electrons. The highest BCUT2D eigenvalue weighted by Gasteiger charge is 2.55. The minimum Gasteiger partial charge on any atom is -0.495 e. The maximum Gasteiger partial charge on any atom is 0.252 e. The number of amides is 1. The molecule has 1 amide bonds. The number of nitriles is 1. The van der Waals surface area contributed by atoms with Crippen molar-refractivity contribution in [3.63, 3.8) is 0 Å². The molecule has 11 heteroatoms. The molecule has 5 aromatic heterocycles. The first-order valence-electron chi connectivity index (χ1n) is 13.4. The molecule has 0 bridgehead atoms. The Morgan fingerprint density at radius 2 is 1.90 bits per heavy atom. The number of aromatic nitrogens is 6. The number of anilines is 1. The van der Waals surface area contributed by atoms with E-state index < -0.39 is 0 Å². The first-order chi connectivity index (χ1) is 20.0. The summed E-state index contributed by atoms with van der Waals surface area (Å²) < 4.78 is 8.68. The van der Waals surface area contributed by atoms with E-state index in [1.165, 1.54) is 0 Å². The van der Waals surface area contributed by atoms with Gasteiger partial charge in [-0.25, -0.2) is 9.50 Å². The van der Waals surface area contributed by atoms with Gasteiger partial charge < -0.3 is 15.0 Å². The SMILES string of the molecule is COc1cncc(C(=O)NCC2C3CN(c4ccc(-c5cc(-c6cnn(C)c6)cn6ncc(C#N)c56)cn4)CC23)c1. The fraction of sp³-hybridized carbons (Fsp3) is 0.267. The number of nitrogens with zero attached hydrogens (tertiary/aromatic N) is 8. The zero-order chi connectivity index (χ0) is 28.1. The topological polar surface area (TPSA) is 126 Å². The third kappa shape index (κ3) is 4.43. The second-order valence-electron chi connectivity index (χ2n) is 10.6. The van der Waals surface area contributed by atoms with Crippen molar-refractivity contribution in [1.82, 2.24) is 34.7 Å². The van der Waals surface area contributed by atoms with Crippen molar-refractivity contribution in [2.45, 2.75) is 0 Å². The number of carbonyl (C=O) groups excluding carboxylic acids is 1. The van der Waals surface area contributed by atoms with Crippen LogP contribution in [0.3, 0.4) is 0 Å². The molecule has 7 rings (SSSR count). The number of pyridine rings is 3. The number of piperidine rings is 1. The van der Waals surface area contributed by atoms with Crippen LogP contribution in [0.1, 0.15) is 15.9 Å². The zero-order valence-electron chi connectivity index (χ0n) is 22.6. The third-order valence-corrected chi connectivity index (χ3v) is 8.23. The molecule has 1 N–H and O–H groups in total. The normalized spacial score (nSPS) is 19.1. The molecule has 11 nitrogen and oxygen atoms in total. The van der Waals surface area contributed by atoms with E-state index in [1.54, 1.807) is 41.0 Å². The van der Waals surface area contributed by atoms with Crippen molar-refractivity contribution in [1.29, 1.82) is 5.26 Å². The van der Waals surface area contributed by atoms with Gasteiger partial charge in [-0.1, -0.05) is 0 Å². The fourth-order valence-electron chi connectivity index (χ4n) is 5.99. The van der Waals surface area contributed by atoms with Gasteiger partial charge in [-0.15, -0.1) is 0 Å². The Hall–Kier alpha value is -5.24. The summed E-state index contributed by atoms with van der Waals surface area (Å²) >= 11 is 0. The van der Waals surface area contributed by atoms with Gasteiger partial charge in [0.2, 0.25) is 0 Å². The summed E-state index contributed by atoms with van der Waals surface area (Å²) in [5.74, 6) is 2.93. The standard InChI is InChI=1S/C30H27N9O2/c1-37-14-22(11-35-37)20-6-24(29-21(7-31)10-36-39(29)15-20)18-3-4-28(33-9-18)38-16-26-25(27(26)17-38)13-34-30(40)19-5-23(41-2)12-32-8-19/h3-6,8-12,14-15,25-27H,13,16-17H2,1-2H3,(H,34,40). The predicted molar refractivity (Wildman–Crippen MR) is 151 cm³/mol. The largest absolute Gasteiger partial charge is 0.495 e. The Labute approximate surface area is 236 Å². The van der Waals surface area contributed by atoms with Gasteiger partial charge in [0.15, 0.2) is 0 Å². The van der Waals surface area contributed by atoms with Crippen molar-refractivity contribution < 1.29 is 9.53 Å². The third-order valence-electron chi connectivity index (χ3n) is 8.23. The molecule has 0 radical (unpaired) electrons. The molecule has 5 aromatic rings. The van der Waals surface area contributed by atoms with Crippen molar-refractivity contribution in [3.8, 4) is 34.1 Å². The number of aryl methyl sites for hydroxylation is 1. The fourth-order valence-corrected chi connectivity index (χ4v) is 5.99. The van der Waals surface area contributed by atoms with E-state index in [4.69, 9.17) is 9.72 Å². The van der Waals surface area contributed by atoms with Crippen LogP contribution in [0.15, 0.2) is 67.6 Å². The van der Waals surface area contributed by atoms with Crippen LogP contribution in [0.25, 0.3) is 27.8 Å². The van der Waals surface area contributed by atoms with E-state index in [9.17, 15) is 10.1 Å². The highest BCUT2D eigenvalue weighted by Crippen LogP contribution is 2.52. The number of rotatable bonds is 7. The van der Waals surface area contributed by atoms with Crippen molar-refractivity contribution in [3.05, 3.63) is 78.8 Å². The molecule has 1 aliphatic heterocycles. The van der Waals surface area contributed by atoms with Crippen LogP contribution in [0.2, 0.25) is 0 Å². The second kappa shape index (κ2) is 9.75. The molecule has 2 unspecified atom stereocenters. The van der Waals surface area contributed by atoms with Gasteiger partial charge in [0, 0.05) is 73.7 Å². The minimum absolute atomic E-state index is 0.130. The predicted octanol–water partition coefficient (Wildman–Crippen LogP) is 3.18. The molecule has 2 fully saturated rings. The monoisotopic (exact) mass is 545 g/mol. The number of ether oxygens (including phenoxy) is 1. The van der Waals surface area contributed by atoms with Gasteiger partial charge >= 0.3 is 0 Å². The summed E-state index contributed by atoms with van der Waals surface area (Å²) in [5.41, 5.74) is 5.51. The molecule has 1 saturated heterocycles. The van der Waals surface area contributed by atoms with E-state index in [0.29, 0.717) is 41.2 Å². The Morgan fingerprint density at radius 3 is 2.61 bits per heavy atom. The number of hydrogen-bond donors (Lipinski definition) is 1. The quantitative estimate of drug-likeness (QED) is 0.331. The molecule has 2 atom stereocenters. The molecule has 1 aliphatic carbocycles. The summed E-state index contributed by atoms with van der Waals surface area (Å²) in [5, 5.41) is 21.5. The van der Waals surface area contributed by atoms with E-state index in [2.05, 4.69) is 43.6 Å². The average molecular weight is 546 g/mol. The highest BCUT2D eigenvalue weighted by molar-refractivity contribution is 5.94. The lowest BCUT2D eigenvalue weighted by Crippen LogP contribution is -2.31. The number of hydrogen-bond acceptors (Lipinski definition) is 8. The molecule has 0 aromatic carbocycles. The zero-order valence-corrected chi connectivity index (χ0v) is 22.6. The molecular weight excluding hydrogens is 518 g/mol. The molecular formula is C30H27N9O2. The lowest BCUT2D eigenvalue weighted by molar-refractivity contribution is 0.0950. The Balaban J connectivity index is 1.04. The van der Waals surface area contributed by atoms with Gasteiger partial charge in [-0.2, -0.15) is 15.5 Å². The summed E-state index contributed by atoms with van der Waals surface area (Å²) in [6, 6.07) is 10.1. The van der Waals surface area contributed by atoms with E-state index in [-0.39, 0.29) is 5.91 Å². The molecule has 6 heterocycles. The van der Waals surface area contributed by atoms with Crippen LogP contribution < -0.4 is 15.0 Å². The summed E-state index contributed by atoms with van der Waals surface area (Å²) in [4.78, 5) is 23.7. The van der Waals surface area contributed by atoms with Crippen LogP contribution in [0.5, 0.6) is 5.75 Å². The number of methoxy groups -OCH3 is 1. The smallest absolute Gasteiger partial charge is 0.252 e. The summed E-state index contributed by atoms with van der Waals surface area (Å²) in [6.45, 7) is 2.49. The summed E-state index contributed by atoms with van der Waals surface area (Å²) in [6.07, 6.45) is 12.3. The van der Waals surface area contributed by atoms with Gasteiger partial charge in [-0.3, -0.25) is 14.5 Å². The molecule has 0 spiro atoms. The van der Waals surface area contributed by atoms with Crippen molar-refractivity contribution in [2.24, 2.45) is 24.8 Å². The van der Waals surface area contributed by atoms with E-state index >= 15 is 0 Å². The van der Waals surface area contributed by atoms with Gasteiger partial charge in [0.05, 0.1) is 42.3 Å². The van der Waals surface area contributed by atoms with Crippen LogP contribution in [0, 0.1) is 29.1 Å². The highest BCUT2D eigenvalue weighted by atomic mass is 16.5. The Kier molecular flexibility index (Phi) is 5.89. The summed E-state index contributed by atoms with van der Waals surface area (Å²) in [7, 11) is 3.44. The Morgan fingerprint density at radius 1 is 1.05 bits per heavy atom.